The molecule has 0 aromatic carbocycles. The lowest BCUT2D eigenvalue weighted by Crippen LogP contribution is -2.68. The normalized spacial score (nSPS) is 52.3. The zero-order valence-corrected chi connectivity index (χ0v) is 32.7. The predicted molar refractivity (Wildman–Crippen MR) is 192 cm³/mol. The minimum atomic E-state index is -1.68. The van der Waals surface area contributed by atoms with Crippen molar-refractivity contribution in [3.8, 4) is 0 Å². The summed E-state index contributed by atoms with van der Waals surface area (Å²) >= 11 is 0. The van der Waals surface area contributed by atoms with Crippen LogP contribution in [0, 0.1) is 50.2 Å². The number of hydrogen-bond acceptors (Lipinski definition) is 11. The molecule has 5 aliphatic carbocycles. The van der Waals surface area contributed by atoms with Crippen LogP contribution in [0.1, 0.15) is 113 Å². The first kappa shape index (κ1) is 40.0. The molecule has 0 aromatic heterocycles. The summed E-state index contributed by atoms with van der Waals surface area (Å²) in [7, 11) is 0. The van der Waals surface area contributed by atoms with Crippen molar-refractivity contribution in [2.75, 3.05) is 13.2 Å². The Balaban J connectivity index is 1.14. The molecule has 0 radical (unpaired) electrons. The lowest BCUT2D eigenvalue weighted by molar-refractivity contribution is -0.374. The van der Waals surface area contributed by atoms with Crippen molar-refractivity contribution >= 4 is 5.97 Å². The average Bonchev–Trinajstić information content (AvgIpc) is 3.10. The number of carboxylic acid groups (broad SMARTS) is 1. The highest BCUT2D eigenvalue weighted by atomic mass is 16.8. The maximum absolute atomic E-state index is 13.0. The van der Waals surface area contributed by atoms with E-state index in [0.29, 0.717) is 12.5 Å². The van der Waals surface area contributed by atoms with Gasteiger partial charge in [-0.15, -0.1) is 0 Å². The van der Waals surface area contributed by atoms with Crippen LogP contribution >= 0.6 is 0 Å². The van der Waals surface area contributed by atoms with Gasteiger partial charge < -0.3 is 54.7 Å². The van der Waals surface area contributed by atoms with E-state index in [9.17, 15) is 40.5 Å². The van der Waals surface area contributed by atoms with Crippen molar-refractivity contribution in [1.29, 1.82) is 0 Å². The van der Waals surface area contributed by atoms with Crippen LogP contribution in [0.2, 0.25) is 0 Å². The summed E-state index contributed by atoms with van der Waals surface area (Å²) < 4.78 is 24.8. The number of aliphatic carboxylic acids is 1. The summed E-state index contributed by atoms with van der Waals surface area (Å²) in [5, 5.41) is 73.4. The highest BCUT2D eigenvalue weighted by Crippen LogP contribution is 2.76. The minimum Gasteiger partial charge on any atom is -0.481 e. The van der Waals surface area contributed by atoms with E-state index in [1.807, 2.05) is 0 Å². The number of hydrogen-bond donors (Lipinski definition) is 7. The van der Waals surface area contributed by atoms with Gasteiger partial charge in [0, 0.05) is 5.41 Å². The molecule has 0 bridgehead atoms. The second kappa shape index (κ2) is 13.5. The highest BCUT2D eigenvalue weighted by Gasteiger charge is 2.70. The van der Waals surface area contributed by atoms with Crippen molar-refractivity contribution in [3.05, 3.63) is 11.6 Å². The smallest absolute Gasteiger partial charge is 0.310 e. The Hall–Kier alpha value is -1.19. The van der Waals surface area contributed by atoms with Gasteiger partial charge in [-0.1, -0.05) is 53.2 Å². The number of rotatable bonds is 7. The molecule has 7 N–H and O–H groups in total. The largest absolute Gasteiger partial charge is 0.481 e. The Labute approximate surface area is 314 Å². The second-order valence-electron chi connectivity index (χ2n) is 20.0. The third-order valence-electron chi connectivity index (χ3n) is 16.9. The molecule has 0 unspecified atom stereocenters. The van der Waals surface area contributed by atoms with Gasteiger partial charge >= 0.3 is 5.97 Å². The molecule has 7 aliphatic rings. The lowest BCUT2D eigenvalue weighted by Gasteiger charge is -2.72. The number of aliphatic hydroxyl groups excluding tert-OH is 6. The molecule has 18 atom stereocenters. The number of carboxylic acids is 1. The van der Waals surface area contributed by atoms with Crippen LogP contribution in [-0.4, -0.2) is 116 Å². The van der Waals surface area contributed by atoms with Crippen molar-refractivity contribution in [3.63, 3.8) is 0 Å². The fourth-order valence-electron chi connectivity index (χ4n) is 13.4. The van der Waals surface area contributed by atoms with E-state index < -0.39 is 73.3 Å². The SMILES string of the molecule is C[C@@H]1O[C@@H](O[C@@H]([C@@H]2OC[C@@]3(C)[C@@H]4CC[C@]5(C)[C@H](CC=C6[C@@H]7CC(C)(C)CC[C@]7(C(=O)O)CC[C@]65C)[C@@]4(C)CC[C@@H]3O2)[C@@H](O)[C@@H](O)CO)[C@H](O)[C@H](O)[C@H]1O. The maximum Gasteiger partial charge on any atom is 0.310 e. The van der Waals surface area contributed by atoms with Gasteiger partial charge in [-0.3, -0.25) is 4.79 Å². The van der Waals surface area contributed by atoms with Crippen molar-refractivity contribution in [1.82, 2.24) is 0 Å². The highest BCUT2D eigenvalue weighted by molar-refractivity contribution is 5.76. The standard InChI is InChI=1S/C41H66O12/c1-21-28(44)30(46)31(47)33(51-21)53-32(29(45)24(43)19-42)34-50-20-38(5)25-10-13-40(7)26(37(25,4)12-11-27(38)52-34)9-8-22-23-18-36(2,3)14-16-41(23,35(48)49)17-15-39(22,40)6/h8,21,23-34,42-47H,9-20H2,1-7H3,(H,48,49)/t21-,23-,24-,25+,26+,27-,28-,29-,30+,31+,32+,33-,34+,37-,38-,39+,40+,41-/m0/s1. The van der Waals surface area contributed by atoms with Crippen molar-refractivity contribution in [2.45, 2.75) is 174 Å². The molecular formula is C41H66O12. The predicted octanol–water partition coefficient (Wildman–Crippen LogP) is 3.52. The minimum absolute atomic E-state index is 0.00368. The van der Waals surface area contributed by atoms with Crippen LogP contribution in [0.4, 0.5) is 0 Å². The van der Waals surface area contributed by atoms with Crippen LogP contribution in [0.3, 0.4) is 0 Å². The summed E-state index contributed by atoms with van der Waals surface area (Å²) in [6.45, 7) is 15.3. The third-order valence-corrected chi connectivity index (χ3v) is 16.9. The first-order valence-electron chi connectivity index (χ1n) is 20.2. The average molecular weight is 751 g/mol. The zero-order chi connectivity index (χ0) is 38.7. The number of ether oxygens (including phenoxy) is 4. The van der Waals surface area contributed by atoms with E-state index in [4.69, 9.17) is 18.9 Å². The monoisotopic (exact) mass is 750 g/mol. The van der Waals surface area contributed by atoms with Gasteiger partial charge in [0.2, 0.25) is 0 Å². The van der Waals surface area contributed by atoms with Gasteiger partial charge in [-0.2, -0.15) is 0 Å². The van der Waals surface area contributed by atoms with Crippen LogP contribution in [0.25, 0.3) is 0 Å². The third kappa shape index (κ3) is 5.85. The van der Waals surface area contributed by atoms with Gasteiger partial charge in [0.15, 0.2) is 12.6 Å². The van der Waals surface area contributed by atoms with Gasteiger partial charge in [0.05, 0.1) is 30.8 Å². The molecule has 6 fully saturated rings. The van der Waals surface area contributed by atoms with Gasteiger partial charge in [0.25, 0.3) is 0 Å². The Morgan fingerprint density at radius 3 is 2.26 bits per heavy atom. The van der Waals surface area contributed by atoms with Crippen LogP contribution in [0.15, 0.2) is 11.6 Å². The summed E-state index contributed by atoms with van der Waals surface area (Å²) in [4.78, 5) is 13.0. The van der Waals surface area contributed by atoms with E-state index in [0.717, 1.165) is 64.2 Å². The van der Waals surface area contributed by atoms with E-state index in [1.54, 1.807) is 0 Å². The molecule has 302 valence electrons. The first-order chi connectivity index (χ1) is 24.7. The van der Waals surface area contributed by atoms with E-state index in [-0.39, 0.29) is 45.0 Å². The fourth-order valence-corrected chi connectivity index (χ4v) is 13.4. The van der Waals surface area contributed by atoms with Gasteiger partial charge in [-0.05, 0) is 111 Å². The van der Waals surface area contributed by atoms with E-state index in [1.165, 1.54) is 12.5 Å². The zero-order valence-electron chi connectivity index (χ0n) is 32.7. The van der Waals surface area contributed by atoms with Crippen molar-refractivity contribution < 1.29 is 59.5 Å². The molecular weight excluding hydrogens is 684 g/mol. The lowest BCUT2D eigenvalue weighted by atomic mass is 9.33. The maximum atomic E-state index is 13.0. The molecule has 0 spiro atoms. The molecule has 53 heavy (non-hydrogen) atoms. The van der Waals surface area contributed by atoms with Crippen LogP contribution in [0.5, 0.6) is 0 Å². The van der Waals surface area contributed by atoms with Crippen molar-refractivity contribution in [2.24, 2.45) is 50.2 Å². The Kier molecular flexibility index (Phi) is 10.2. The molecule has 0 amide bonds. The van der Waals surface area contributed by atoms with Gasteiger partial charge in [-0.25, -0.2) is 0 Å². The molecule has 7 rings (SSSR count). The molecule has 12 heteroatoms. The Morgan fingerprint density at radius 1 is 0.887 bits per heavy atom. The second-order valence-corrected chi connectivity index (χ2v) is 20.0. The molecule has 4 saturated carbocycles. The summed E-state index contributed by atoms with van der Waals surface area (Å²) in [6.07, 6.45) is -1.76. The fraction of sp³-hybridized carbons (Fsp3) is 0.927. The topological polar surface area (TPSA) is 196 Å². The summed E-state index contributed by atoms with van der Waals surface area (Å²) in [5.41, 5.74) is 0.330. The number of allylic oxidation sites excluding steroid dienone is 2. The Bertz CT molecular complexity index is 1440. The van der Waals surface area contributed by atoms with E-state index in [2.05, 4.69) is 47.6 Å². The van der Waals surface area contributed by atoms with Crippen LogP contribution < -0.4 is 0 Å². The molecule has 2 heterocycles. The molecule has 2 saturated heterocycles. The quantitative estimate of drug-likeness (QED) is 0.188. The first-order valence-corrected chi connectivity index (χ1v) is 20.2. The summed E-state index contributed by atoms with van der Waals surface area (Å²) in [5.74, 6) is 0.0843. The van der Waals surface area contributed by atoms with E-state index >= 15 is 0 Å². The molecule has 2 aliphatic heterocycles. The van der Waals surface area contributed by atoms with Crippen LogP contribution in [-0.2, 0) is 23.7 Å². The molecule has 12 nitrogen and oxygen atoms in total. The number of fused-ring (bicyclic) bond motifs is 9. The summed E-state index contributed by atoms with van der Waals surface area (Å²) in [6, 6.07) is 0. The molecule has 0 aromatic rings. The van der Waals surface area contributed by atoms with Gasteiger partial charge in [0.1, 0.15) is 36.6 Å². The Morgan fingerprint density at radius 2 is 1.58 bits per heavy atom. The number of carbonyl (C=O) groups is 1. The number of aliphatic hydroxyl groups is 6.